The first-order chi connectivity index (χ1) is 8.23. The number of nitrogens with zero attached hydrogens (tertiary/aromatic N) is 1. The van der Waals surface area contributed by atoms with E-state index in [0.717, 1.165) is 0 Å². The van der Waals surface area contributed by atoms with Crippen LogP contribution in [-0.2, 0) is 9.47 Å². The fraction of sp³-hybridized carbons (Fsp3) is 0.818. The number of alkyl carbamates (subject to hydrolysis) is 1. The number of methoxy groups -OCH3 is 1. The molecule has 0 aromatic carbocycles. The van der Waals surface area contributed by atoms with Gasteiger partial charge in [0.15, 0.2) is 0 Å². The van der Waals surface area contributed by atoms with Crippen LogP contribution in [0.4, 0.5) is 9.59 Å². The fourth-order valence-corrected chi connectivity index (χ4v) is 1.77. The van der Waals surface area contributed by atoms with Crippen molar-refractivity contribution in [1.82, 2.24) is 10.2 Å². The van der Waals surface area contributed by atoms with Crippen molar-refractivity contribution < 1.29 is 24.2 Å². The zero-order valence-electron chi connectivity index (χ0n) is 11.1. The van der Waals surface area contributed by atoms with Gasteiger partial charge in [-0.25, -0.2) is 9.59 Å². The third kappa shape index (κ3) is 4.06. The van der Waals surface area contributed by atoms with Crippen LogP contribution in [0, 0.1) is 0 Å². The van der Waals surface area contributed by atoms with E-state index in [0.29, 0.717) is 0 Å². The first kappa shape index (κ1) is 14.6. The third-order valence-corrected chi connectivity index (χ3v) is 2.54. The molecule has 0 bridgehead atoms. The van der Waals surface area contributed by atoms with Crippen molar-refractivity contribution in [3.63, 3.8) is 0 Å². The topological polar surface area (TPSA) is 88.1 Å². The second-order valence-electron chi connectivity index (χ2n) is 5.21. The van der Waals surface area contributed by atoms with E-state index in [1.807, 2.05) is 0 Å². The average molecular weight is 260 g/mol. The molecule has 104 valence electrons. The summed E-state index contributed by atoms with van der Waals surface area (Å²) in [5, 5.41) is 11.5. The lowest BCUT2D eigenvalue weighted by molar-refractivity contribution is 0.0416. The molecule has 0 aliphatic carbocycles. The maximum absolute atomic E-state index is 11.6. The molecule has 1 aliphatic heterocycles. The Labute approximate surface area is 106 Å². The highest BCUT2D eigenvalue weighted by Crippen LogP contribution is 2.14. The van der Waals surface area contributed by atoms with E-state index in [1.165, 1.54) is 12.0 Å². The third-order valence-electron chi connectivity index (χ3n) is 2.54. The second kappa shape index (κ2) is 5.43. The number of rotatable bonds is 2. The Morgan fingerprint density at radius 3 is 2.39 bits per heavy atom. The summed E-state index contributed by atoms with van der Waals surface area (Å²) in [6, 6.07) is -0.388. The molecule has 2 atom stereocenters. The summed E-state index contributed by atoms with van der Waals surface area (Å²) < 4.78 is 10.3. The van der Waals surface area contributed by atoms with Gasteiger partial charge in [0.05, 0.1) is 18.7 Å². The van der Waals surface area contributed by atoms with Gasteiger partial charge >= 0.3 is 12.2 Å². The number of hydrogen-bond donors (Lipinski definition) is 2. The van der Waals surface area contributed by atoms with Crippen LogP contribution in [0.5, 0.6) is 0 Å². The van der Waals surface area contributed by atoms with Gasteiger partial charge in [0.1, 0.15) is 5.60 Å². The molecule has 1 fully saturated rings. The molecular weight excluding hydrogens is 240 g/mol. The van der Waals surface area contributed by atoms with Gasteiger partial charge < -0.3 is 24.8 Å². The Morgan fingerprint density at radius 2 is 1.94 bits per heavy atom. The largest absolute Gasteiger partial charge is 0.465 e. The smallest absolute Gasteiger partial charge is 0.408 e. The van der Waals surface area contributed by atoms with Crippen LogP contribution in [0.25, 0.3) is 0 Å². The number of likely N-dealkylation sites (tertiary alicyclic amines) is 1. The first-order valence-electron chi connectivity index (χ1n) is 5.73. The molecule has 1 rings (SSSR count). The number of hydrogen-bond acceptors (Lipinski definition) is 4. The number of carboxylic acid groups (broad SMARTS) is 1. The molecule has 0 saturated carbocycles. The molecule has 7 heteroatoms. The van der Waals surface area contributed by atoms with Crippen molar-refractivity contribution in [3.8, 4) is 0 Å². The van der Waals surface area contributed by atoms with Gasteiger partial charge in [0.25, 0.3) is 0 Å². The monoisotopic (exact) mass is 260 g/mol. The molecule has 1 saturated heterocycles. The zero-order chi connectivity index (χ0) is 13.9. The van der Waals surface area contributed by atoms with Gasteiger partial charge in [-0.05, 0) is 20.8 Å². The minimum atomic E-state index is -1.02. The maximum atomic E-state index is 11.6. The molecule has 1 heterocycles. The number of nitrogens with one attached hydrogen (secondary N) is 1. The molecule has 1 aliphatic rings. The lowest BCUT2D eigenvalue weighted by Crippen LogP contribution is -2.45. The van der Waals surface area contributed by atoms with E-state index in [9.17, 15) is 9.59 Å². The Balaban J connectivity index is 2.55. The van der Waals surface area contributed by atoms with Crippen molar-refractivity contribution in [1.29, 1.82) is 0 Å². The van der Waals surface area contributed by atoms with Crippen molar-refractivity contribution in [2.75, 3.05) is 20.2 Å². The quantitative estimate of drug-likeness (QED) is 0.769. The minimum Gasteiger partial charge on any atom is -0.465 e. The number of carbonyl (C=O) groups excluding carboxylic acids is 1. The normalized spacial score (nSPS) is 23.9. The second-order valence-corrected chi connectivity index (χ2v) is 5.21. The van der Waals surface area contributed by atoms with Crippen molar-refractivity contribution in [3.05, 3.63) is 0 Å². The van der Waals surface area contributed by atoms with E-state index in [4.69, 9.17) is 14.6 Å². The lowest BCUT2D eigenvalue weighted by Gasteiger charge is -2.23. The molecule has 0 aromatic rings. The van der Waals surface area contributed by atoms with Crippen molar-refractivity contribution in [2.24, 2.45) is 0 Å². The van der Waals surface area contributed by atoms with E-state index in [2.05, 4.69) is 5.32 Å². The van der Waals surface area contributed by atoms with Crippen LogP contribution < -0.4 is 5.32 Å². The Bertz CT molecular complexity index is 326. The van der Waals surface area contributed by atoms with Gasteiger partial charge in [0, 0.05) is 13.7 Å². The van der Waals surface area contributed by atoms with Crippen molar-refractivity contribution >= 4 is 12.2 Å². The number of amides is 2. The van der Waals surface area contributed by atoms with Crippen molar-refractivity contribution in [2.45, 2.75) is 38.5 Å². The summed E-state index contributed by atoms with van der Waals surface area (Å²) >= 11 is 0. The van der Waals surface area contributed by atoms with E-state index < -0.39 is 17.8 Å². The molecule has 0 spiro atoms. The van der Waals surface area contributed by atoms with E-state index in [1.54, 1.807) is 20.8 Å². The molecule has 2 unspecified atom stereocenters. The molecular formula is C11H20N2O5. The maximum Gasteiger partial charge on any atom is 0.408 e. The summed E-state index contributed by atoms with van der Waals surface area (Å²) in [6.45, 7) is 5.73. The molecule has 0 aromatic heterocycles. The molecule has 2 amide bonds. The summed E-state index contributed by atoms with van der Waals surface area (Å²) in [7, 11) is 1.49. The van der Waals surface area contributed by atoms with Crippen LogP contribution in [-0.4, -0.2) is 60.1 Å². The minimum absolute atomic E-state index is 0.201. The highest BCUT2D eigenvalue weighted by Gasteiger charge is 2.37. The highest BCUT2D eigenvalue weighted by molar-refractivity contribution is 5.69. The summed E-state index contributed by atoms with van der Waals surface area (Å²) in [5.74, 6) is 0. The zero-order valence-corrected chi connectivity index (χ0v) is 11.1. The predicted octanol–water partition coefficient (Wildman–Crippen LogP) is 0.888. The summed E-state index contributed by atoms with van der Waals surface area (Å²) in [6.07, 6.45) is -1.94. The molecule has 7 nitrogen and oxygen atoms in total. The van der Waals surface area contributed by atoms with Gasteiger partial charge in [-0.3, -0.25) is 0 Å². The predicted molar refractivity (Wildman–Crippen MR) is 63.6 cm³/mol. The van der Waals surface area contributed by atoms with Crippen LogP contribution in [0.15, 0.2) is 0 Å². The highest BCUT2D eigenvalue weighted by atomic mass is 16.6. The van der Waals surface area contributed by atoms with Gasteiger partial charge in [-0.1, -0.05) is 0 Å². The lowest BCUT2D eigenvalue weighted by atomic mass is 10.2. The Hall–Kier alpha value is -1.50. The van der Waals surface area contributed by atoms with Crippen LogP contribution >= 0.6 is 0 Å². The molecule has 0 radical (unpaired) electrons. The average Bonchev–Trinajstić information content (AvgIpc) is 2.57. The summed E-state index contributed by atoms with van der Waals surface area (Å²) in [4.78, 5) is 23.7. The van der Waals surface area contributed by atoms with Gasteiger partial charge in [-0.2, -0.15) is 0 Å². The standard InChI is InChI=1S/C11H20N2O5/c1-11(2,3)18-9(14)12-7-5-13(10(15)16)6-8(7)17-4/h7-8H,5-6H2,1-4H3,(H,12,14)(H,15,16). The Morgan fingerprint density at radius 1 is 1.33 bits per heavy atom. The Kier molecular flexibility index (Phi) is 4.39. The molecule has 2 N–H and O–H groups in total. The van der Waals surface area contributed by atoms with E-state index >= 15 is 0 Å². The van der Waals surface area contributed by atoms with Gasteiger partial charge in [0.2, 0.25) is 0 Å². The first-order valence-corrected chi connectivity index (χ1v) is 5.73. The summed E-state index contributed by atoms with van der Waals surface area (Å²) in [5.41, 5.74) is -0.586. The SMILES string of the molecule is COC1CN(C(=O)O)CC1NC(=O)OC(C)(C)C. The van der Waals surface area contributed by atoms with Crippen LogP contribution in [0.1, 0.15) is 20.8 Å². The number of ether oxygens (including phenoxy) is 2. The van der Waals surface area contributed by atoms with Gasteiger partial charge in [-0.15, -0.1) is 0 Å². The van der Waals surface area contributed by atoms with Crippen LogP contribution in [0.2, 0.25) is 0 Å². The van der Waals surface area contributed by atoms with Crippen LogP contribution in [0.3, 0.4) is 0 Å². The number of carbonyl (C=O) groups is 2. The fourth-order valence-electron chi connectivity index (χ4n) is 1.77. The van der Waals surface area contributed by atoms with E-state index in [-0.39, 0.29) is 25.2 Å². The molecule has 18 heavy (non-hydrogen) atoms.